The largest absolute Gasteiger partial charge is 0.465 e. The van der Waals surface area contributed by atoms with Crippen molar-refractivity contribution in [2.45, 2.75) is 10.9 Å². The zero-order chi connectivity index (χ0) is 16.3. The molecule has 2 N–H and O–H groups in total. The Morgan fingerprint density at radius 3 is 2.59 bits per heavy atom. The minimum Gasteiger partial charge on any atom is -0.465 e. The maximum atomic E-state index is 11.9. The van der Waals surface area contributed by atoms with Crippen molar-refractivity contribution in [3.8, 4) is 0 Å². The van der Waals surface area contributed by atoms with Crippen LogP contribution in [0, 0.1) is 0 Å². The van der Waals surface area contributed by atoms with Crippen LogP contribution in [0.2, 0.25) is 0 Å². The monoisotopic (exact) mass is 342 g/mol. The lowest BCUT2D eigenvalue weighted by Crippen LogP contribution is -2.08. The van der Waals surface area contributed by atoms with E-state index in [1.165, 1.54) is 26.0 Å². The molecular formula is C12H14N4O4S2. The molecule has 10 heteroatoms. The van der Waals surface area contributed by atoms with Crippen LogP contribution in [0.25, 0.3) is 0 Å². The van der Waals surface area contributed by atoms with Crippen LogP contribution in [0.1, 0.15) is 25.6 Å². The number of carbonyl (C=O) groups excluding carboxylic acids is 2. The van der Waals surface area contributed by atoms with Gasteiger partial charge in [-0.3, -0.25) is 0 Å². The van der Waals surface area contributed by atoms with E-state index in [2.05, 4.69) is 10.2 Å². The molecule has 0 saturated heterocycles. The van der Waals surface area contributed by atoms with E-state index < -0.39 is 11.9 Å². The van der Waals surface area contributed by atoms with Gasteiger partial charge in [-0.2, -0.15) is 0 Å². The second kappa shape index (κ2) is 6.79. The summed E-state index contributed by atoms with van der Waals surface area (Å²) in [6.07, 6.45) is 1.56. The first-order chi connectivity index (χ1) is 10.5. The molecule has 8 nitrogen and oxygen atoms in total. The Morgan fingerprint density at radius 1 is 1.36 bits per heavy atom. The van der Waals surface area contributed by atoms with Crippen molar-refractivity contribution < 1.29 is 19.1 Å². The number of thiophene rings is 1. The van der Waals surface area contributed by atoms with Gasteiger partial charge in [-0.1, -0.05) is 11.8 Å². The summed E-state index contributed by atoms with van der Waals surface area (Å²) < 4.78 is 11.2. The number of methoxy groups -OCH3 is 2. The summed E-state index contributed by atoms with van der Waals surface area (Å²) >= 11 is 2.33. The number of thioether (sulfide) groups is 1. The lowest BCUT2D eigenvalue weighted by atomic mass is 10.1. The van der Waals surface area contributed by atoms with Gasteiger partial charge in [0.15, 0.2) is 5.16 Å². The molecule has 0 spiro atoms. The highest BCUT2D eigenvalue weighted by atomic mass is 32.2. The minimum absolute atomic E-state index is 0.197. The highest BCUT2D eigenvalue weighted by molar-refractivity contribution is 7.98. The summed E-state index contributed by atoms with van der Waals surface area (Å²) in [4.78, 5) is 24.1. The molecule has 0 aliphatic carbocycles. The zero-order valence-corrected chi connectivity index (χ0v) is 13.8. The van der Waals surface area contributed by atoms with Crippen molar-refractivity contribution in [3.05, 3.63) is 22.3 Å². The Balaban J connectivity index is 2.39. The number of ether oxygens (including phenoxy) is 2. The van der Waals surface area contributed by atoms with Crippen LogP contribution in [0.5, 0.6) is 0 Å². The third-order valence-electron chi connectivity index (χ3n) is 2.81. The van der Waals surface area contributed by atoms with E-state index in [1.54, 1.807) is 17.9 Å². The highest BCUT2D eigenvalue weighted by Crippen LogP contribution is 2.36. The normalized spacial score (nSPS) is 10.5. The highest BCUT2D eigenvalue weighted by Gasteiger charge is 2.27. The first kappa shape index (κ1) is 16.3. The number of rotatable bonds is 5. The number of hydrogen-bond donors (Lipinski definition) is 1. The standard InChI is InChI=1S/C12H14N4O4S2/c1-16-5-14-15-12(16)21-4-6-7(10(17)19-2)9(13)22-8(6)11(18)20-3/h5H,4,13H2,1-3H3. The van der Waals surface area contributed by atoms with Crippen LogP contribution < -0.4 is 5.73 Å². The number of nitrogens with zero attached hydrogens (tertiary/aromatic N) is 3. The van der Waals surface area contributed by atoms with Gasteiger partial charge in [-0.25, -0.2) is 9.59 Å². The van der Waals surface area contributed by atoms with Crippen molar-refractivity contribution in [1.29, 1.82) is 0 Å². The number of esters is 2. The van der Waals surface area contributed by atoms with E-state index >= 15 is 0 Å². The van der Waals surface area contributed by atoms with Gasteiger partial charge in [-0.05, 0) is 0 Å². The van der Waals surface area contributed by atoms with Crippen LogP contribution in [-0.2, 0) is 22.3 Å². The summed E-state index contributed by atoms with van der Waals surface area (Å²) in [6, 6.07) is 0. The molecule has 2 heterocycles. The van der Waals surface area contributed by atoms with Crippen LogP contribution in [0.3, 0.4) is 0 Å². The fraction of sp³-hybridized carbons (Fsp3) is 0.333. The fourth-order valence-corrected chi connectivity index (χ4v) is 3.75. The maximum absolute atomic E-state index is 11.9. The fourth-order valence-electron chi connectivity index (χ4n) is 1.75. The molecule has 0 saturated carbocycles. The third kappa shape index (κ3) is 3.07. The maximum Gasteiger partial charge on any atom is 0.348 e. The molecule has 0 radical (unpaired) electrons. The average molecular weight is 342 g/mol. The smallest absolute Gasteiger partial charge is 0.348 e. The van der Waals surface area contributed by atoms with Gasteiger partial charge in [0.2, 0.25) is 0 Å². The number of aryl methyl sites for hydroxylation is 1. The van der Waals surface area contributed by atoms with Gasteiger partial charge < -0.3 is 19.8 Å². The lowest BCUT2D eigenvalue weighted by Gasteiger charge is -2.05. The number of carbonyl (C=O) groups is 2. The summed E-state index contributed by atoms with van der Waals surface area (Å²) in [6.45, 7) is 0. The van der Waals surface area contributed by atoms with E-state index in [1.807, 2.05) is 0 Å². The molecule has 2 aromatic heterocycles. The molecular weight excluding hydrogens is 328 g/mol. The van der Waals surface area contributed by atoms with Gasteiger partial charge in [0.25, 0.3) is 0 Å². The van der Waals surface area contributed by atoms with Crippen LogP contribution in [-0.4, -0.2) is 40.9 Å². The Morgan fingerprint density at radius 2 is 2.05 bits per heavy atom. The quantitative estimate of drug-likeness (QED) is 0.640. The SMILES string of the molecule is COC(=O)c1sc(N)c(C(=O)OC)c1CSc1nncn1C. The first-order valence-electron chi connectivity index (χ1n) is 6.04. The second-order valence-corrected chi connectivity index (χ2v) is 6.14. The number of nitrogens with two attached hydrogens (primary N) is 1. The zero-order valence-electron chi connectivity index (χ0n) is 12.2. The van der Waals surface area contributed by atoms with Crippen molar-refractivity contribution >= 4 is 40.0 Å². The number of nitrogen functional groups attached to an aromatic ring is 1. The molecule has 0 unspecified atom stereocenters. The molecule has 0 aliphatic rings. The van der Waals surface area contributed by atoms with Gasteiger partial charge in [0, 0.05) is 18.4 Å². The first-order valence-corrected chi connectivity index (χ1v) is 7.84. The molecule has 0 atom stereocenters. The van der Waals surface area contributed by atoms with Gasteiger partial charge >= 0.3 is 11.9 Å². The lowest BCUT2D eigenvalue weighted by molar-refractivity contribution is 0.0601. The number of hydrogen-bond acceptors (Lipinski definition) is 9. The topological polar surface area (TPSA) is 109 Å². The summed E-state index contributed by atoms with van der Waals surface area (Å²) in [7, 11) is 4.33. The molecule has 0 bridgehead atoms. The Bertz CT molecular complexity index is 710. The van der Waals surface area contributed by atoms with E-state index in [9.17, 15) is 9.59 Å². The van der Waals surface area contributed by atoms with E-state index in [-0.39, 0.29) is 15.4 Å². The molecule has 0 aliphatic heterocycles. The van der Waals surface area contributed by atoms with Gasteiger partial charge in [0.1, 0.15) is 16.2 Å². The van der Waals surface area contributed by atoms with Crippen molar-refractivity contribution in [3.63, 3.8) is 0 Å². The summed E-state index contributed by atoms with van der Waals surface area (Å²) in [5.74, 6) is -0.812. The van der Waals surface area contributed by atoms with E-state index in [0.717, 1.165) is 11.3 Å². The predicted molar refractivity (Wildman–Crippen MR) is 82.0 cm³/mol. The molecule has 2 rings (SSSR count). The third-order valence-corrected chi connectivity index (χ3v) is 4.91. The van der Waals surface area contributed by atoms with Crippen LogP contribution in [0.4, 0.5) is 5.00 Å². The van der Waals surface area contributed by atoms with E-state index in [4.69, 9.17) is 15.2 Å². The number of anilines is 1. The molecule has 118 valence electrons. The summed E-state index contributed by atoms with van der Waals surface area (Å²) in [5, 5.41) is 8.59. The predicted octanol–water partition coefficient (Wildman–Crippen LogP) is 1.32. The van der Waals surface area contributed by atoms with Crippen LogP contribution >= 0.6 is 23.1 Å². The Kier molecular flexibility index (Phi) is 5.03. The minimum atomic E-state index is -0.586. The summed E-state index contributed by atoms with van der Waals surface area (Å²) in [5.41, 5.74) is 6.54. The molecule has 0 fully saturated rings. The molecule has 0 aromatic carbocycles. The van der Waals surface area contributed by atoms with Crippen molar-refractivity contribution in [2.24, 2.45) is 7.05 Å². The van der Waals surface area contributed by atoms with Gasteiger partial charge in [0.05, 0.1) is 19.8 Å². The van der Waals surface area contributed by atoms with Crippen molar-refractivity contribution in [2.75, 3.05) is 20.0 Å². The second-order valence-electron chi connectivity index (χ2n) is 4.15. The molecule has 0 amide bonds. The van der Waals surface area contributed by atoms with Crippen molar-refractivity contribution in [1.82, 2.24) is 14.8 Å². The van der Waals surface area contributed by atoms with E-state index in [0.29, 0.717) is 16.5 Å². The number of aromatic nitrogens is 3. The Labute approximate surface area is 134 Å². The van der Waals surface area contributed by atoms with Crippen LogP contribution in [0.15, 0.2) is 11.5 Å². The molecule has 2 aromatic rings. The Hall–Kier alpha value is -2.07. The van der Waals surface area contributed by atoms with Gasteiger partial charge in [-0.15, -0.1) is 21.5 Å². The average Bonchev–Trinajstić information content (AvgIpc) is 3.06. The molecule has 22 heavy (non-hydrogen) atoms.